The van der Waals surface area contributed by atoms with E-state index in [-0.39, 0.29) is 0 Å². The highest BCUT2D eigenvalue weighted by Gasteiger charge is 2.12. The minimum Gasteiger partial charge on any atom is -0.497 e. The van der Waals surface area contributed by atoms with Gasteiger partial charge in [-0.05, 0) is 65.9 Å². The molecular weight excluding hydrogens is 442 g/mol. The third-order valence-electron chi connectivity index (χ3n) is 4.81. The molecular formula is C23H19N5O2S2. The summed E-state index contributed by atoms with van der Waals surface area (Å²) >= 11 is 3.08. The molecule has 5 rings (SSSR count). The monoisotopic (exact) mass is 461 g/mol. The summed E-state index contributed by atoms with van der Waals surface area (Å²) < 4.78 is 16.0. The topological polar surface area (TPSA) is 73.6 Å². The zero-order valence-corrected chi connectivity index (χ0v) is 19.0. The van der Waals surface area contributed by atoms with Gasteiger partial charge in [0.05, 0.1) is 29.7 Å². The van der Waals surface area contributed by atoms with E-state index in [0.717, 1.165) is 44.0 Å². The van der Waals surface area contributed by atoms with Crippen LogP contribution < -0.4 is 14.2 Å². The van der Waals surface area contributed by atoms with E-state index >= 15 is 0 Å². The molecule has 0 aliphatic carbocycles. The van der Waals surface area contributed by atoms with Gasteiger partial charge in [-0.25, -0.2) is 0 Å². The van der Waals surface area contributed by atoms with Crippen molar-refractivity contribution in [3.05, 3.63) is 72.1 Å². The Morgan fingerprint density at radius 3 is 2.69 bits per heavy atom. The van der Waals surface area contributed by atoms with Gasteiger partial charge in [0, 0.05) is 11.3 Å². The van der Waals surface area contributed by atoms with Crippen LogP contribution in [0.1, 0.15) is 0 Å². The highest BCUT2D eigenvalue weighted by molar-refractivity contribution is 8.00. The van der Waals surface area contributed by atoms with E-state index in [4.69, 9.17) is 14.6 Å². The first-order valence-electron chi connectivity index (χ1n) is 9.77. The van der Waals surface area contributed by atoms with Crippen LogP contribution in [0.2, 0.25) is 0 Å². The minimum absolute atomic E-state index is 0.715. The van der Waals surface area contributed by atoms with Crippen molar-refractivity contribution in [2.75, 3.05) is 18.9 Å². The molecule has 2 aromatic carbocycles. The molecule has 5 aromatic rings. The summed E-state index contributed by atoms with van der Waals surface area (Å²) in [5.74, 6) is 2.30. The predicted molar refractivity (Wildman–Crippen MR) is 129 cm³/mol. The number of anilines is 1. The highest BCUT2D eigenvalue weighted by Crippen LogP contribution is 2.34. The van der Waals surface area contributed by atoms with Gasteiger partial charge in [0.1, 0.15) is 11.5 Å². The minimum atomic E-state index is 0.715. The fourth-order valence-corrected chi connectivity index (χ4v) is 4.70. The van der Waals surface area contributed by atoms with Crippen LogP contribution in [0.5, 0.6) is 11.5 Å². The number of hydrogen-bond acceptors (Lipinski definition) is 8. The molecule has 3 heterocycles. The highest BCUT2D eigenvalue weighted by atomic mass is 32.2. The SMILES string of the molecule is COc1ccc(OC)c(SNc2cccc(-c3ccc4nnc(-c5cccs5)n4n3)c2)c1. The maximum Gasteiger partial charge on any atom is 0.195 e. The van der Waals surface area contributed by atoms with E-state index in [9.17, 15) is 0 Å². The molecule has 0 spiro atoms. The van der Waals surface area contributed by atoms with Gasteiger partial charge < -0.3 is 14.2 Å². The molecule has 0 saturated carbocycles. The number of hydrogen-bond donors (Lipinski definition) is 1. The Balaban J connectivity index is 1.42. The van der Waals surface area contributed by atoms with Crippen molar-refractivity contribution >= 4 is 34.6 Å². The molecule has 1 N–H and O–H groups in total. The maximum atomic E-state index is 5.46. The van der Waals surface area contributed by atoms with Crippen molar-refractivity contribution in [1.29, 1.82) is 0 Å². The first-order valence-corrected chi connectivity index (χ1v) is 11.5. The Kier molecular flexibility index (Phi) is 5.66. The lowest BCUT2D eigenvalue weighted by Crippen LogP contribution is -1.97. The van der Waals surface area contributed by atoms with E-state index in [1.807, 2.05) is 66.0 Å². The number of ether oxygens (including phenoxy) is 2. The van der Waals surface area contributed by atoms with Crippen LogP contribution in [0.25, 0.3) is 27.6 Å². The molecule has 0 radical (unpaired) electrons. The van der Waals surface area contributed by atoms with E-state index in [2.05, 4.69) is 21.0 Å². The Morgan fingerprint density at radius 1 is 0.938 bits per heavy atom. The fraction of sp³-hybridized carbons (Fsp3) is 0.0870. The van der Waals surface area contributed by atoms with Gasteiger partial charge in [0.25, 0.3) is 0 Å². The van der Waals surface area contributed by atoms with E-state index < -0.39 is 0 Å². The lowest BCUT2D eigenvalue weighted by molar-refractivity contribution is 0.394. The molecule has 0 aliphatic rings. The molecule has 32 heavy (non-hydrogen) atoms. The Labute approximate surface area is 193 Å². The van der Waals surface area contributed by atoms with Crippen molar-refractivity contribution in [2.24, 2.45) is 0 Å². The van der Waals surface area contributed by atoms with Crippen molar-refractivity contribution < 1.29 is 9.47 Å². The largest absolute Gasteiger partial charge is 0.497 e. The second-order valence-corrected chi connectivity index (χ2v) is 8.59. The molecule has 9 heteroatoms. The number of aromatic nitrogens is 4. The number of benzene rings is 2. The predicted octanol–water partition coefficient (Wildman–Crippen LogP) is 5.66. The van der Waals surface area contributed by atoms with Crippen LogP contribution in [-0.2, 0) is 0 Å². The van der Waals surface area contributed by atoms with Gasteiger partial charge in [-0.1, -0.05) is 18.2 Å². The Morgan fingerprint density at radius 2 is 1.88 bits per heavy atom. The third kappa shape index (κ3) is 4.00. The van der Waals surface area contributed by atoms with Gasteiger partial charge in [0.2, 0.25) is 0 Å². The van der Waals surface area contributed by atoms with Crippen LogP contribution >= 0.6 is 23.3 Å². The molecule has 0 fully saturated rings. The fourth-order valence-electron chi connectivity index (χ4n) is 3.22. The average molecular weight is 462 g/mol. The number of thiophene rings is 1. The zero-order chi connectivity index (χ0) is 21.9. The first-order chi connectivity index (χ1) is 15.7. The summed E-state index contributed by atoms with van der Waals surface area (Å²) in [5.41, 5.74) is 3.48. The summed E-state index contributed by atoms with van der Waals surface area (Å²) in [7, 11) is 3.31. The second kappa shape index (κ2) is 8.89. The maximum absolute atomic E-state index is 5.46. The number of methoxy groups -OCH3 is 2. The Hall–Kier alpha value is -3.56. The van der Waals surface area contributed by atoms with Crippen molar-refractivity contribution in [3.63, 3.8) is 0 Å². The van der Waals surface area contributed by atoms with E-state index in [1.54, 1.807) is 30.1 Å². The number of fused-ring (bicyclic) bond motifs is 1. The Bertz CT molecular complexity index is 1370. The molecule has 7 nitrogen and oxygen atoms in total. The lowest BCUT2D eigenvalue weighted by Gasteiger charge is -2.12. The van der Waals surface area contributed by atoms with Crippen LogP contribution in [0.4, 0.5) is 5.69 Å². The molecule has 0 amide bonds. The molecule has 0 aliphatic heterocycles. The van der Waals surface area contributed by atoms with Crippen molar-refractivity contribution in [3.8, 4) is 33.5 Å². The van der Waals surface area contributed by atoms with Crippen LogP contribution in [-0.4, -0.2) is 34.0 Å². The smallest absolute Gasteiger partial charge is 0.195 e. The quantitative estimate of drug-likeness (QED) is 0.314. The van der Waals surface area contributed by atoms with Crippen LogP contribution in [0.3, 0.4) is 0 Å². The number of rotatable bonds is 7. The molecule has 0 unspecified atom stereocenters. The van der Waals surface area contributed by atoms with Gasteiger partial charge in [-0.2, -0.15) is 9.61 Å². The summed E-state index contributed by atoms with van der Waals surface area (Å²) in [6.45, 7) is 0. The molecule has 160 valence electrons. The van der Waals surface area contributed by atoms with E-state index in [1.165, 1.54) is 11.9 Å². The van der Waals surface area contributed by atoms with Crippen LogP contribution in [0.15, 0.2) is 77.0 Å². The van der Waals surface area contributed by atoms with E-state index in [0.29, 0.717) is 5.65 Å². The summed E-state index contributed by atoms with van der Waals surface area (Å²) in [6.07, 6.45) is 0. The molecule has 0 bridgehead atoms. The van der Waals surface area contributed by atoms with Gasteiger partial charge in [-0.3, -0.25) is 0 Å². The van der Waals surface area contributed by atoms with Crippen LogP contribution in [0, 0.1) is 0 Å². The number of nitrogens with one attached hydrogen (secondary N) is 1. The first kappa shape index (κ1) is 20.3. The third-order valence-corrected chi connectivity index (χ3v) is 6.55. The lowest BCUT2D eigenvalue weighted by atomic mass is 10.1. The standard InChI is InChI=1S/C23H19N5O2S2/c1-29-17-8-10-19(30-2)21(14-17)32-27-16-6-3-5-15(13-16)18-9-11-22-24-25-23(28(22)26-18)20-7-4-12-31-20/h3-14,27H,1-2H3. The van der Waals surface area contributed by atoms with Gasteiger partial charge in [0.15, 0.2) is 11.5 Å². The van der Waals surface area contributed by atoms with Crippen molar-refractivity contribution in [2.45, 2.75) is 4.90 Å². The van der Waals surface area contributed by atoms with Crippen molar-refractivity contribution in [1.82, 2.24) is 19.8 Å². The molecule has 0 saturated heterocycles. The average Bonchev–Trinajstić information content (AvgIpc) is 3.52. The normalized spacial score (nSPS) is 10.9. The van der Waals surface area contributed by atoms with Gasteiger partial charge >= 0.3 is 0 Å². The second-order valence-electron chi connectivity index (χ2n) is 6.79. The summed E-state index contributed by atoms with van der Waals surface area (Å²) in [5, 5.41) is 15.4. The molecule has 3 aromatic heterocycles. The number of nitrogens with zero attached hydrogens (tertiary/aromatic N) is 4. The van der Waals surface area contributed by atoms with Gasteiger partial charge in [-0.15, -0.1) is 21.5 Å². The molecule has 0 atom stereocenters. The summed E-state index contributed by atoms with van der Waals surface area (Å²) in [6, 6.07) is 21.7. The zero-order valence-electron chi connectivity index (χ0n) is 17.4. The summed E-state index contributed by atoms with van der Waals surface area (Å²) in [4.78, 5) is 1.96.